The van der Waals surface area contributed by atoms with Gasteiger partial charge in [-0.2, -0.15) is 0 Å². The number of likely N-dealkylation sites (tertiary alicyclic amines) is 1. The van der Waals surface area contributed by atoms with Crippen LogP contribution in [-0.4, -0.2) is 50.3 Å². The predicted molar refractivity (Wildman–Crippen MR) is 95.8 cm³/mol. The summed E-state index contributed by atoms with van der Waals surface area (Å²) >= 11 is 0. The summed E-state index contributed by atoms with van der Waals surface area (Å²) in [6.07, 6.45) is 8.07. The molecule has 0 aromatic carbocycles. The van der Waals surface area contributed by atoms with Crippen LogP contribution in [0.1, 0.15) is 59.3 Å². The molecule has 1 unspecified atom stereocenters. The fourth-order valence-electron chi connectivity index (χ4n) is 4.63. The molecular weight excluding hydrogens is 286 g/mol. The van der Waals surface area contributed by atoms with Crippen LogP contribution in [0.2, 0.25) is 0 Å². The van der Waals surface area contributed by atoms with E-state index in [4.69, 9.17) is 9.73 Å². The third-order valence-corrected chi connectivity index (χ3v) is 6.35. The minimum Gasteiger partial charge on any atom is -0.381 e. The summed E-state index contributed by atoms with van der Waals surface area (Å²) in [5, 5.41) is 3.53. The van der Waals surface area contributed by atoms with E-state index in [1.165, 1.54) is 38.5 Å². The van der Waals surface area contributed by atoms with Crippen molar-refractivity contribution in [2.75, 3.05) is 39.4 Å². The minimum absolute atomic E-state index is 0.324. The highest BCUT2D eigenvalue weighted by molar-refractivity contribution is 5.80. The van der Waals surface area contributed by atoms with Crippen molar-refractivity contribution in [2.24, 2.45) is 21.7 Å². The molecule has 132 valence electrons. The van der Waals surface area contributed by atoms with Gasteiger partial charge in [0.25, 0.3) is 0 Å². The van der Waals surface area contributed by atoms with Crippen molar-refractivity contribution in [1.82, 2.24) is 10.2 Å². The maximum absolute atomic E-state index is 5.67. The van der Waals surface area contributed by atoms with Crippen LogP contribution in [0.5, 0.6) is 0 Å². The van der Waals surface area contributed by atoms with Gasteiger partial charge in [0.15, 0.2) is 5.96 Å². The minimum atomic E-state index is 0.324. The van der Waals surface area contributed by atoms with Gasteiger partial charge in [-0.05, 0) is 43.9 Å². The normalized spacial score (nSPS) is 29.9. The first-order chi connectivity index (χ1) is 11.0. The van der Waals surface area contributed by atoms with E-state index in [1.807, 2.05) is 0 Å². The van der Waals surface area contributed by atoms with Gasteiger partial charge in [-0.3, -0.25) is 4.99 Å². The number of guanidine groups is 1. The Kier molecular flexibility index (Phi) is 5.19. The van der Waals surface area contributed by atoms with Gasteiger partial charge in [0, 0.05) is 38.2 Å². The van der Waals surface area contributed by atoms with Gasteiger partial charge in [0.1, 0.15) is 0 Å². The molecule has 4 nitrogen and oxygen atoms in total. The standard InChI is InChI=1S/C19H35N3O/c1-4-20-17(21-13-18(2,3)16-7-5-6-8-16)22-11-9-19(14-22)10-12-23-15-19/h16H,4-15H2,1-3H3,(H,20,21). The average Bonchev–Trinajstić information content (AvgIpc) is 3.27. The lowest BCUT2D eigenvalue weighted by molar-refractivity contribution is 0.156. The molecule has 1 atom stereocenters. The predicted octanol–water partition coefficient (Wildman–Crippen LogP) is 3.28. The Morgan fingerprint density at radius 2 is 2.09 bits per heavy atom. The van der Waals surface area contributed by atoms with Crippen LogP contribution in [0.25, 0.3) is 0 Å². The topological polar surface area (TPSA) is 36.9 Å². The lowest BCUT2D eigenvalue weighted by Crippen LogP contribution is -2.42. The average molecular weight is 322 g/mol. The highest BCUT2D eigenvalue weighted by atomic mass is 16.5. The van der Waals surface area contributed by atoms with Gasteiger partial charge in [-0.15, -0.1) is 0 Å². The van der Waals surface area contributed by atoms with E-state index in [2.05, 4.69) is 31.0 Å². The smallest absolute Gasteiger partial charge is 0.193 e. The molecule has 3 fully saturated rings. The summed E-state index contributed by atoms with van der Waals surface area (Å²) in [4.78, 5) is 7.53. The summed E-state index contributed by atoms with van der Waals surface area (Å²) < 4.78 is 5.67. The van der Waals surface area contributed by atoms with Crippen molar-refractivity contribution < 1.29 is 4.74 Å². The van der Waals surface area contributed by atoms with Crippen LogP contribution in [0.4, 0.5) is 0 Å². The summed E-state index contributed by atoms with van der Waals surface area (Å²) in [6, 6.07) is 0. The molecule has 2 aliphatic heterocycles. The van der Waals surface area contributed by atoms with Crippen LogP contribution in [0.15, 0.2) is 4.99 Å². The summed E-state index contributed by atoms with van der Waals surface area (Å²) in [7, 11) is 0. The van der Waals surface area contributed by atoms with E-state index in [0.717, 1.165) is 51.3 Å². The SMILES string of the molecule is CCNC(=NCC(C)(C)C1CCCC1)N1CCC2(CCOC2)C1. The number of rotatable bonds is 4. The summed E-state index contributed by atoms with van der Waals surface area (Å²) in [5.41, 5.74) is 0.724. The van der Waals surface area contributed by atoms with Gasteiger partial charge in [-0.1, -0.05) is 26.7 Å². The molecule has 1 N–H and O–H groups in total. The zero-order valence-electron chi connectivity index (χ0n) is 15.4. The third-order valence-electron chi connectivity index (χ3n) is 6.35. The Morgan fingerprint density at radius 3 is 2.74 bits per heavy atom. The first-order valence-electron chi connectivity index (χ1n) is 9.66. The van der Waals surface area contributed by atoms with Crippen molar-refractivity contribution in [1.29, 1.82) is 0 Å². The van der Waals surface area contributed by atoms with Crippen LogP contribution in [0.3, 0.4) is 0 Å². The van der Waals surface area contributed by atoms with Crippen molar-refractivity contribution in [3.63, 3.8) is 0 Å². The molecule has 2 heterocycles. The lowest BCUT2D eigenvalue weighted by Gasteiger charge is -2.31. The second kappa shape index (κ2) is 7.00. The van der Waals surface area contributed by atoms with E-state index in [0.29, 0.717) is 10.8 Å². The van der Waals surface area contributed by atoms with Crippen molar-refractivity contribution in [2.45, 2.75) is 59.3 Å². The number of ether oxygens (including phenoxy) is 1. The highest BCUT2D eigenvalue weighted by Crippen LogP contribution is 2.40. The third kappa shape index (κ3) is 3.84. The van der Waals surface area contributed by atoms with Gasteiger partial charge >= 0.3 is 0 Å². The molecule has 23 heavy (non-hydrogen) atoms. The van der Waals surface area contributed by atoms with Crippen LogP contribution >= 0.6 is 0 Å². The summed E-state index contributed by atoms with van der Waals surface area (Å²) in [5.74, 6) is 1.98. The molecule has 1 spiro atoms. The maximum Gasteiger partial charge on any atom is 0.193 e. The van der Waals surface area contributed by atoms with E-state index in [9.17, 15) is 0 Å². The maximum atomic E-state index is 5.67. The van der Waals surface area contributed by atoms with Gasteiger partial charge in [0.2, 0.25) is 0 Å². The number of hydrogen-bond acceptors (Lipinski definition) is 2. The van der Waals surface area contributed by atoms with Gasteiger partial charge in [0.05, 0.1) is 6.61 Å². The van der Waals surface area contributed by atoms with Gasteiger partial charge in [-0.25, -0.2) is 0 Å². The first kappa shape index (κ1) is 17.1. The van der Waals surface area contributed by atoms with Crippen molar-refractivity contribution in [3.05, 3.63) is 0 Å². The van der Waals surface area contributed by atoms with Gasteiger partial charge < -0.3 is 15.0 Å². The Hall–Kier alpha value is -0.770. The fourth-order valence-corrected chi connectivity index (χ4v) is 4.63. The fraction of sp³-hybridized carbons (Fsp3) is 0.947. The molecule has 1 aliphatic carbocycles. The van der Waals surface area contributed by atoms with Crippen molar-refractivity contribution >= 4 is 5.96 Å². The van der Waals surface area contributed by atoms with Crippen LogP contribution in [-0.2, 0) is 4.74 Å². The number of nitrogens with one attached hydrogen (secondary N) is 1. The van der Waals surface area contributed by atoms with E-state index < -0.39 is 0 Å². The zero-order valence-corrected chi connectivity index (χ0v) is 15.4. The number of hydrogen-bond donors (Lipinski definition) is 1. The second-order valence-corrected chi connectivity index (χ2v) is 8.61. The zero-order chi connectivity index (χ0) is 16.3. The first-order valence-corrected chi connectivity index (χ1v) is 9.66. The molecule has 0 amide bonds. The van der Waals surface area contributed by atoms with E-state index in [-0.39, 0.29) is 0 Å². The Morgan fingerprint density at radius 1 is 1.30 bits per heavy atom. The van der Waals surface area contributed by atoms with Crippen LogP contribution in [0, 0.1) is 16.7 Å². The van der Waals surface area contributed by atoms with Crippen molar-refractivity contribution in [3.8, 4) is 0 Å². The largest absolute Gasteiger partial charge is 0.381 e. The summed E-state index contributed by atoms with van der Waals surface area (Å²) in [6.45, 7) is 13.0. The number of aliphatic imine (C=N–C) groups is 1. The monoisotopic (exact) mass is 321 g/mol. The second-order valence-electron chi connectivity index (χ2n) is 8.61. The van der Waals surface area contributed by atoms with E-state index >= 15 is 0 Å². The Balaban J connectivity index is 1.63. The Bertz CT molecular complexity index is 420. The molecule has 3 aliphatic rings. The quantitative estimate of drug-likeness (QED) is 0.638. The van der Waals surface area contributed by atoms with Crippen LogP contribution < -0.4 is 5.32 Å². The van der Waals surface area contributed by atoms with E-state index in [1.54, 1.807) is 0 Å². The molecule has 3 rings (SSSR count). The Labute approximate surface area is 142 Å². The molecule has 0 aromatic rings. The molecule has 1 saturated carbocycles. The lowest BCUT2D eigenvalue weighted by atomic mass is 9.78. The molecule has 0 bridgehead atoms. The molecule has 0 radical (unpaired) electrons. The molecule has 2 saturated heterocycles. The molecular formula is C19H35N3O. The molecule has 4 heteroatoms. The molecule has 0 aromatic heterocycles. The highest BCUT2D eigenvalue weighted by Gasteiger charge is 2.42. The number of nitrogens with zero attached hydrogens (tertiary/aromatic N) is 2.